The van der Waals surface area contributed by atoms with Crippen LogP contribution in [0.3, 0.4) is 0 Å². The second-order valence-corrected chi connectivity index (χ2v) is 7.72. The Kier molecular flexibility index (Phi) is 6.94. The highest BCUT2D eigenvalue weighted by Gasteiger charge is 2.09. The fourth-order valence-electron chi connectivity index (χ4n) is 2.24. The molecular formula is C21H14BrIN2O3. The highest BCUT2D eigenvalue weighted by Crippen LogP contribution is 2.16. The Labute approximate surface area is 184 Å². The van der Waals surface area contributed by atoms with Gasteiger partial charge < -0.3 is 4.74 Å². The van der Waals surface area contributed by atoms with E-state index in [1.807, 2.05) is 12.1 Å². The second kappa shape index (κ2) is 9.61. The summed E-state index contributed by atoms with van der Waals surface area (Å²) >= 11 is 5.43. The number of amides is 1. The van der Waals surface area contributed by atoms with Crippen molar-refractivity contribution in [2.24, 2.45) is 5.10 Å². The first-order chi connectivity index (χ1) is 13.5. The maximum absolute atomic E-state index is 12.1. The van der Waals surface area contributed by atoms with Crippen LogP contribution in [0.25, 0.3) is 0 Å². The zero-order chi connectivity index (χ0) is 19.9. The average molecular weight is 549 g/mol. The van der Waals surface area contributed by atoms with Crippen LogP contribution in [0.1, 0.15) is 26.3 Å². The number of hydrazone groups is 1. The van der Waals surface area contributed by atoms with Crippen molar-refractivity contribution < 1.29 is 14.3 Å². The van der Waals surface area contributed by atoms with Gasteiger partial charge in [0.1, 0.15) is 5.75 Å². The number of carbonyl (C=O) groups excluding carboxylic acids is 2. The topological polar surface area (TPSA) is 67.8 Å². The minimum atomic E-state index is -0.432. The Morgan fingerprint density at radius 2 is 1.64 bits per heavy atom. The molecule has 0 saturated carbocycles. The summed E-state index contributed by atoms with van der Waals surface area (Å²) < 4.78 is 7.08. The number of hydrogen-bond donors (Lipinski definition) is 1. The Balaban J connectivity index is 1.57. The summed E-state index contributed by atoms with van der Waals surface area (Å²) in [5, 5.41) is 3.97. The molecule has 0 radical (unpaired) electrons. The summed E-state index contributed by atoms with van der Waals surface area (Å²) in [4.78, 5) is 24.2. The van der Waals surface area contributed by atoms with E-state index in [9.17, 15) is 9.59 Å². The Bertz CT molecular complexity index is 1020. The minimum Gasteiger partial charge on any atom is -0.423 e. The summed E-state index contributed by atoms with van der Waals surface area (Å²) in [5.74, 6) is -0.284. The normalized spacial score (nSPS) is 10.6. The summed E-state index contributed by atoms with van der Waals surface area (Å²) in [5.41, 5.74) is 4.28. The van der Waals surface area contributed by atoms with Crippen LogP contribution >= 0.6 is 38.5 Å². The first kappa shape index (κ1) is 20.2. The largest absolute Gasteiger partial charge is 0.423 e. The van der Waals surface area contributed by atoms with Crippen LogP contribution < -0.4 is 10.2 Å². The molecule has 0 unspecified atom stereocenters. The minimum absolute atomic E-state index is 0.277. The molecule has 3 aromatic rings. The van der Waals surface area contributed by atoms with E-state index in [4.69, 9.17) is 4.74 Å². The van der Waals surface area contributed by atoms with Gasteiger partial charge in [-0.05, 0) is 88.8 Å². The van der Waals surface area contributed by atoms with Gasteiger partial charge in [0.15, 0.2) is 0 Å². The Hall–Kier alpha value is -2.52. The summed E-state index contributed by atoms with van der Waals surface area (Å²) in [6.45, 7) is 0. The van der Waals surface area contributed by atoms with E-state index in [2.05, 4.69) is 49.0 Å². The number of ether oxygens (including phenoxy) is 1. The van der Waals surface area contributed by atoms with Gasteiger partial charge in [-0.25, -0.2) is 10.2 Å². The quantitative estimate of drug-likeness (QED) is 0.160. The molecule has 0 saturated heterocycles. The molecule has 0 fully saturated rings. The van der Waals surface area contributed by atoms with E-state index >= 15 is 0 Å². The van der Waals surface area contributed by atoms with E-state index in [0.29, 0.717) is 16.9 Å². The van der Waals surface area contributed by atoms with Gasteiger partial charge in [0.2, 0.25) is 0 Å². The number of benzene rings is 3. The highest BCUT2D eigenvalue weighted by atomic mass is 127. The van der Waals surface area contributed by atoms with Crippen molar-refractivity contribution in [3.63, 3.8) is 0 Å². The molecule has 3 aromatic carbocycles. The van der Waals surface area contributed by atoms with E-state index in [1.165, 1.54) is 6.21 Å². The van der Waals surface area contributed by atoms with Gasteiger partial charge in [0, 0.05) is 8.04 Å². The van der Waals surface area contributed by atoms with Gasteiger partial charge in [-0.15, -0.1) is 0 Å². The molecule has 140 valence electrons. The molecule has 0 atom stereocenters. The Morgan fingerprint density at radius 3 is 2.32 bits per heavy atom. The lowest BCUT2D eigenvalue weighted by molar-refractivity contribution is 0.0734. The molecule has 5 nitrogen and oxygen atoms in total. The second-order valence-electron chi connectivity index (χ2n) is 5.64. The molecule has 0 heterocycles. The van der Waals surface area contributed by atoms with Crippen LogP contribution in [0.4, 0.5) is 0 Å². The fourth-order valence-corrected chi connectivity index (χ4v) is 3.14. The molecule has 3 rings (SSSR count). The first-order valence-electron chi connectivity index (χ1n) is 8.19. The average Bonchev–Trinajstić information content (AvgIpc) is 2.70. The van der Waals surface area contributed by atoms with E-state index in [-0.39, 0.29) is 5.91 Å². The zero-order valence-electron chi connectivity index (χ0n) is 14.4. The van der Waals surface area contributed by atoms with Crippen molar-refractivity contribution in [1.82, 2.24) is 5.43 Å². The lowest BCUT2D eigenvalue weighted by Gasteiger charge is -2.05. The van der Waals surface area contributed by atoms with Crippen molar-refractivity contribution in [3.8, 4) is 5.75 Å². The predicted molar refractivity (Wildman–Crippen MR) is 120 cm³/mol. The molecule has 0 spiro atoms. The SMILES string of the molecule is O=C(Oc1ccc(/C=N/NC(=O)c2ccccc2I)cc1)c1ccc(Br)cc1. The van der Waals surface area contributed by atoms with Crippen LogP contribution in [0.2, 0.25) is 0 Å². The number of halogens is 2. The van der Waals surface area contributed by atoms with Crippen molar-refractivity contribution in [2.45, 2.75) is 0 Å². The third-order valence-electron chi connectivity index (χ3n) is 3.67. The Morgan fingerprint density at radius 1 is 0.964 bits per heavy atom. The van der Waals surface area contributed by atoms with Gasteiger partial charge in [-0.1, -0.05) is 28.1 Å². The smallest absolute Gasteiger partial charge is 0.343 e. The van der Waals surface area contributed by atoms with Crippen LogP contribution in [-0.2, 0) is 0 Å². The van der Waals surface area contributed by atoms with Gasteiger partial charge >= 0.3 is 5.97 Å². The number of nitrogens with zero attached hydrogens (tertiary/aromatic N) is 1. The molecule has 0 aliphatic rings. The number of esters is 1. The van der Waals surface area contributed by atoms with E-state index in [0.717, 1.165) is 13.6 Å². The number of rotatable bonds is 5. The van der Waals surface area contributed by atoms with Crippen LogP contribution in [-0.4, -0.2) is 18.1 Å². The molecule has 0 aliphatic heterocycles. The van der Waals surface area contributed by atoms with Crippen molar-refractivity contribution in [1.29, 1.82) is 0 Å². The van der Waals surface area contributed by atoms with Crippen LogP contribution in [0.15, 0.2) is 82.4 Å². The standard InChI is InChI=1S/C21H14BrIN2O3/c22-16-9-7-15(8-10-16)21(27)28-17-11-5-14(6-12-17)13-24-25-20(26)18-3-1-2-4-19(18)23/h1-13H,(H,25,26)/b24-13+. The molecule has 0 bridgehead atoms. The molecule has 1 N–H and O–H groups in total. The molecular weight excluding hydrogens is 535 g/mol. The molecule has 7 heteroatoms. The summed E-state index contributed by atoms with van der Waals surface area (Å²) in [7, 11) is 0. The van der Waals surface area contributed by atoms with Crippen molar-refractivity contribution in [3.05, 3.63) is 97.5 Å². The van der Waals surface area contributed by atoms with Crippen LogP contribution in [0.5, 0.6) is 5.75 Å². The monoisotopic (exact) mass is 548 g/mol. The number of hydrogen-bond acceptors (Lipinski definition) is 4. The molecule has 1 amide bonds. The third-order valence-corrected chi connectivity index (χ3v) is 5.14. The highest BCUT2D eigenvalue weighted by molar-refractivity contribution is 14.1. The third kappa shape index (κ3) is 5.49. The first-order valence-corrected chi connectivity index (χ1v) is 10.1. The van der Waals surface area contributed by atoms with Crippen LogP contribution in [0, 0.1) is 3.57 Å². The lowest BCUT2D eigenvalue weighted by atomic mass is 10.2. The van der Waals surface area contributed by atoms with Gasteiger partial charge in [0.05, 0.1) is 17.3 Å². The predicted octanol–water partition coefficient (Wildman–Crippen LogP) is 5.04. The van der Waals surface area contributed by atoms with E-state index < -0.39 is 5.97 Å². The van der Waals surface area contributed by atoms with E-state index in [1.54, 1.807) is 60.7 Å². The zero-order valence-corrected chi connectivity index (χ0v) is 18.2. The maximum Gasteiger partial charge on any atom is 0.343 e. The number of carbonyl (C=O) groups is 2. The van der Waals surface area contributed by atoms with Crippen molar-refractivity contribution >= 4 is 56.6 Å². The van der Waals surface area contributed by atoms with Gasteiger partial charge in [-0.3, -0.25) is 4.79 Å². The molecule has 0 aliphatic carbocycles. The number of nitrogens with one attached hydrogen (secondary N) is 1. The van der Waals surface area contributed by atoms with Gasteiger partial charge in [-0.2, -0.15) is 5.10 Å². The fraction of sp³-hybridized carbons (Fsp3) is 0. The summed E-state index contributed by atoms with van der Waals surface area (Å²) in [6.07, 6.45) is 1.52. The molecule has 0 aromatic heterocycles. The maximum atomic E-state index is 12.1. The molecule has 28 heavy (non-hydrogen) atoms. The van der Waals surface area contributed by atoms with Gasteiger partial charge in [0.25, 0.3) is 5.91 Å². The van der Waals surface area contributed by atoms with Crippen molar-refractivity contribution in [2.75, 3.05) is 0 Å². The summed E-state index contributed by atoms with van der Waals surface area (Å²) in [6, 6.07) is 21.0. The lowest BCUT2D eigenvalue weighted by Crippen LogP contribution is -2.18.